The van der Waals surface area contributed by atoms with Crippen molar-refractivity contribution in [3.63, 3.8) is 0 Å². The molecule has 122 valence electrons. The van der Waals surface area contributed by atoms with E-state index in [1.54, 1.807) is 11.6 Å². The number of hydrogen-bond acceptors (Lipinski definition) is 5. The van der Waals surface area contributed by atoms with E-state index in [0.29, 0.717) is 12.1 Å². The molecule has 0 aliphatic carbocycles. The van der Waals surface area contributed by atoms with Gasteiger partial charge >= 0.3 is 7.12 Å². The fourth-order valence-corrected chi connectivity index (χ4v) is 2.35. The molecular weight excluding hydrogens is 295 g/mol. The van der Waals surface area contributed by atoms with E-state index >= 15 is 0 Å². The number of amides is 1. The fourth-order valence-electron chi connectivity index (χ4n) is 2.35. The van der Waals surface area contributed by atoms with Crippen LogP contribution >= 0.6 is 0 Å². The summed E-state index contributed by atoms with van der Waals surface area (Å²) >= 11 is 0. The summed E-state index contributed by atoms with van der Waals surface area (Å²) in [7, 11) is -1.62. The van der Waals surface area contributed by atoms with Crippen LogP contribution in [0.15, 0.2) is 30.3 Å². The lowest BCUT2D eigenvalue weighted by Crippen LogP contribution is -2.47. The quantitative estimate of drug-likeness (QED) is 0.682. The molecule has 0 spiro atoms. The zero-order chi connectivity index (χ0) is 17.0. The van der Waals surface area contributed by atoms with E-state index in [1.165, 1.54) is 0 Å². The Morgan fingerprint density at radius 2 is 1.96 bits per heavy atom. The zero-order valence-corrected chi connectivity index (χ0v) is 13.5. The lowest BCUT2D eigenvalue weighted by atomic mass is 9.75. The van der Waals surface area contributed by atoms with E-state index in [9.17, 15) is 14.8 Å². The minimum absolute atomic E-state index is 0.170. The molecule has 1 amide bonds. The van der Waals surface area contributed by atoms with Crippen LogP contribution in [0.2, 0.25) is 0 Å². The zero-order valence-electron chi connectivity index (χ0n) is 13.5. The normalized spacial score (nSPS) is 12.3. The third-order valence-corrected chi connectivity index (χ3v) is 3.51. The molecule has 1 heterocycles. The summed E-state index contributed by atoms with van der Waals surface area (Å²) in [5, 5.41) is 29.4. The number of hydrogen-bond donors (Lipinski definition) is 3. The Morgan fingerprint density at radius 1 is 1.30 bits per heavy atom. The number of aromatic nitrogens is 3. The summed E-state index contributed by atoms with van der Waals surface area (Å²) < 4.78 is 1.57. The first-order valence-electron chi connectivity index (χ1n) is 7.55. The van der Waals surface area contributed by atoms with Gasteiger partial charge in [-0.15, -0.1) is 5.10 Å². The molecule has 7 nitrogen and oxygen atoms in total. The van der Waals surface area contributed by atoms with E-state index in [2.05, 4.69) is 15.6 Å². The van der Waals surface area contributed by atoms with E-state index in [4.69, 9.17) is 0 Å². The van der Waals surface area contributed by atoms with Crippen LogP contribution in [0.5, 0.6) is 0 Å². The molecule has 0 aliphatic heterocycles. The summed E-state index contributed by atoms with van der Waals surface area (Å²) in [5.74, 6) is -1.00. The number of para-hydroxylation sites is 1. The van der Waals surface area contributed by atoms with Crippen molar-refractivity contribution in [3.05, 3.63) is 41.7 Å². The number of carbonyl (C=O) groups excluding carboxylic acids is 1. The minimum atomic E-state index is -1.62. The Balaban J connectivity index is 2.19. The molecule has 3 N–H and O–H groups in total. The lowest BCUT2D eigenvalue weighted by molar-refractivity contribution is 0.0932. The Hall–Kier alpha value is -2.19. The second-order valence-electron chi connectivity index (χ2n) is 5.89. The fraction of sp³-hybridized carbons (Fsp3) is 0.400. The van der Waals surface area contributed by atoms with E-state index in [-0.39, 0.29) is 11.6 Å². The second kappa shape index (κ2) is 7.39. The Labute approximate surface area is 135 Å². The van der Waals surface area contributed by atoms with Gasteiger partial charge in [0, 0.05) is 0 Å². The SMILES string of the molecule is Cc1c(C(=O)N[C@@H](CC(C)C)B(O)O)nnn1-c1ccccc1. The Kier molecular flexibility index (Phi) is 5.52. The van der Waals surface area contributed by atoms with Crippen LogP contribution in [0.4, 0.5) is 0 Å². The summed E-state index contributed by atoms with van der Waals surface area (Å²) in [6, 6.07) is 9.36. The summed E-state index contributed by atoms with van der Waals surface area (Å²) in [6.07, 6.45) is 0.454. The monoisotopic (exact) mass is 316 g/mol. The predicted octanol–water partition coefficient (Wildman–Crippen LogP) is 0.732. The van der Waals surface area contributed by atoms with Gasteiger partial charge < -0.3 is 15.4 Å². The van der Waals surface area contributed by atoms with Crippen LogP contribution in [-0.4, -0.2) is 44.0 Å². The van der Waals surface area contributed by atoms with E-state index in [0.717, 1.165) is 5.69 Å². The number of carbonyl (C=O) groups is 1. The molecule has 2 aromatic rings. The summed E-state index contributed by atoms with van der Waals surface area (Å²) in [5.41, 5.74) is 1.56. The highest BCUT2D eigenvalue weighted by Crippen LogP contribution is 2.13. The van der Waals surface area contributed by atoms with Crippen LogP contribution in [0.3, 0.4) is 0 Å². The van der Waals surface area contributed by atoms with Crippen LogP contribution < -0.4 is 5.32 Å². The Bertz CT molecular complexity index is 658. The molecular formula is C15H21BN4O3. The van der Waals surface area contributed by atoms with Gasteiger partial charge in [-0.3, -0.25) is 4.79 Å². The molecule has 1 aromatic heterocycles. The van der Waals surface area contributed by atoms with E-state index in [1.807, 2.05) is 44.2 Å². The molecule has 2 rings (SSSR count). The van der Waals surface area contributed by atoms with Gasteiger partial charge in [0.15, 0.2) is 5.69 Å². The smallest absolute Gasteiger partial charge is 0.426 e. The molecule has 0 saturated heterocycles. The molecule has 23 heavy (non-hydrogen) atoms. The van der Waals surface area contributed by atoms with Gasteiger partial charge in [0.2, 0.25) is 0 Å². The first kappa shape index (κ1) is 17.2. The maximum absolute atomic E-state index is 12.4. The van der Waals surface area contributed by atoms with Crippen molar-refractivity contribution >= 4 is 13.0 Å². The molecule has 0 bridgehead atoms. The third kappa shape index (κ3) is 4.17. The van der Waals surface area contributed by atoms with Crippen LogP contribution in [-0.2, 0) is 0 Å². The standard InChI is InChI=1S/C15H21BN4O3/c1-10(2)9-13(16(22)23)17-15(21)14-11(3)20(19-18-14)12-7-5-4-6-8-12/h4-8,10,13,22-23H,9H2,1-3H3,(H,17,21)/t13-/m0/s1. The maximum atomic E-state index is 12.4. The summed E-state index contributed by atoms with van der Waals surface area (Å²) in [4.78, 5) is 12.4. The van der Waals surface area contributed by atoms with Crippen LogP contribution in [0.1, 0.15) is 36.5 Å². The van der Waals surface area contributed by atoms with Gasteiger partial charge in [0.25, 0.3) is 5.91 Å². The molecule has 1 atom stereocenters. The largest absolute Gasteiger partial charge is 0.475 e. The van der Waals surface area contributed by atoms with Crippen LogP contribution in [0, 0.1) is 12.8 Å². The van der Waals surface area contributed by atoms with Gasteiger partial charge in [-0.25, -0.2) is 4.68 Å². The second-order valence-corrected chi connectivity index (χ2v) is 5.89. The molecule has 0 fully saturated rings. The van der Waals surface area contributed by atoms with Gasteiger partial charge in [0.1, 0.15) is 0 Å². The van der Waals surface area contributed by atoms with Crippen molar-refractivity contribution in [2.75, 3.05) is 0 Å². The van der Waals surface area contributed by atoms with Crippen molar-refractivity contribution in [2.24, 2.45) is 5.92 Å². The van der Waals surface area contributed by atoms with E-state index < -0.39 is 19.0 Å². The van der Waals surface area contributed by atoms with Crippen molar-refractivity contribution in [1.82, 2.24) is 20.3 Å². The highest BCUT2D eigenvalue weighted by Gasteiger charge is 2.28. The van der Waals surface area contributed by atoms with Crippen molar-refractivity contribution in [3.8, 4) is 5.69 Å². The Morgan fingerprint density at radius 3 is 2.52 bits per heavy atom. The number of rotatable bonds is 6. The van der Waals surface area contributed by atoms with Gasteiger partial charge in [-0.2, -0.15) is 0 Å². The van der Waals surface area contributed by atoms with Gasteiger partial charge in [-0.05, 0) is 31.4 Å². The van der Waals surface area contributed by atoms with Crippen LogP contribution in [0.25, 0.3) is 5.69 Å². The highest BCUT2D eigenvalue weighted by atomic mass is 16.4. The highest BCUT2D eigenvalue weighted by molar-refractivity contribution is 6.43. The number of benzene rings is 1. The molecule has 8 heteroatoms. The average molecular weight is 316 g/mol. The van der Waals surface area contributed by atoms with Crippen molar-refractivity contribution < 1.29 is 14.8 Å². The number of nitrogens with zero attached hydrogens (tertiary/aromatic N) is 3. The van der Waals surface area contributed by atoms with Gasteiger partial charge in [-0.1, -0.05) is 37.3 Å². The maximum Gasteiger partial charge on any atom is 0.475 e. The average Bonchev–Trinajstić information content (AvgIpc) is 2.88. The predicted molar refractivity (Wildman–Crippen MR) is 87.0 cm³/mol. The molecule has 0 unspecified atom stereocenters. The minimum Gasteiger partial charge on any atom is -0.426 e. The summed E-state index contributed by atoms with van der Waals surface area (Å²) in [6.45, 7) is 5.63. The lowest BCUT2D eigenvalue weighted by Gasteiger charge is -2.19. The van der Waals surface area contributed by atoms with Crippen molar-refractivity contribution in [1.29, 1.82) is 0 Å². The first-order chi connectivity index (χ1) is 10.9. The molecule has 0 saturated carbocycles. The molecule has 0 aliphatic rings. The molecule has 1 aromatic carbocycles. The number of nitrogens with one attached hydrogen (secondary N) is 1. The van der Waals surface area contributed by atoms with Gasteiger partial charge in [0.05, 0.1) is 17.3 Å². The third-order valence-electron chi connectivity index (χ3n) is 3.51. The first-order valence-corrected chi connectivity index (χ1v) is 7.55. The molecule has 0 radical (unpaired) electrons. The van der Waals surface area contributed by atoms with Crippen molar-refractivity contribution in [2.45, 2.75) is 33.1 Å². The topological polar surface area (TPSA) is 100 Å².